The maximum absolute atomic E-state index is 11.2. The number of primary amides is 1. The number of carbonyl (C=O) groups excluding carboxylic acids is 1. The van der Waals surface area contributed by atoms with Crippen molar-refractivity contribution < 1.29 is 14.3 Å². The molecule has 8 heteroatoms. The van der Waals surface area contributed by atoms with Crippen molar-refractivity contribution in [1.29, 1.82) is 0 Å². The Hall–Kier alpha value is -2.33. The van der Waals surface area contributed by atoms with Crippen molar-refractivity contribution >= 4 is 35.8 Å². The molecule has 0 aromatic heterocycles. The Morgan fingerprint density at radius 3 is 2.57 bits per heavy atom. The topological polar surface area (TPSA) is 98.0 Å². The number of nitrogens with zero attached hydrogens (tertiary/aromatic N) is 1. The smallest absolute Gasteiger partial charge is 0.248 e. The third kappa shape index (κ3) is 6.88. The lowest BCUT2D eigenvalue weighted by Gasteiger charge is -2.18. The van der Waals surface area contributed by atoms with Crippen LogP contribution in [0.1, 0.15) is 33.5 Å². The summed E-state index contributed by atoms with van der Waals surface area (Å²) in [7, 11) is 1.73. The van der Waals surface area contributed by atoms with Crippen LogP contribution < -0.4 is 21.1 Å². The van der Waals surface area contributed by atoms with Crippen molar-refractivity contribution in [2.75, 3.05) is 20.3 Å². The normalized spacial score (nSPS) is 15.9. The first kappa shape index (κ1) is 23.9. The van der Waals surface area contributed by atoms with E-state index in [1.807, 2.05) is 12.1 Å². The number of aliphatic imine (C=N–C) groups is 1. The minimum Gasteiger partial charge on any atom is -0.488 e. The van der Waals surface area contributed by atoms with E-state index in [0.29, 0.717) is 31.2 Å². The number of ether oxygens (including phenoxy) is 2. The molecule has 1 saturated heterocycles. The lowest BCUT2D eigenvalue weighted by Crippen LogP contribution is -2.36. The van der Waals surface area contributed by atoms with E-state index in [2.05, 4.69) is 40.7 Å². The summed E-state index contributed by atoms with van der Waals surface area (Å²) in [6, 6.07) is 13.4. The summed E-state index contributed by atoms with van der Waals surface area (Å²) in [5.41, 5.74) is 9.02. The summed E-state index contributed by atoms with van der Waals surface area (Å²) in [6.45, 7) is 4.61. The molecule has 3 rings (SSSR count). The Morgan fingerprint density at radius 1 is 1.20 bits per heavy atom. The molecule has 4 N–H and O–H groups in total. The van der Waals surface area contributed by atoms with Crippen LogP contribution in [0.3, 0.4) is 0 Å². The van der Waals surface area contributed by atoms with Gasteiger partial charge < -0.3 is 25.8 Å². The van der Waals surface area contributed by atoms with Crippen LogP contribution in [0.2, 0.25) is 0 Å². The number of halogens is 1. The second-order valence-electron chi connectivity index (χ2n) is 7.06. The fourth-order valence-corrected chi connectivity index (χ4v) is 3.08. The average molecular weight is 524 g/mol. The van der Waals surface area contributed by atoms with Crippen molar-refractivity contribution in [3.63, 3.8) is 0 Å². The molecule has 0 radical (unpaired) electrons. The zero-order valence-corrected chi connectivity index (χ0v) is 19.6. The Bertz CT molecular complexity index is 865. The third-order valence-electron chi connectivity index (χ3n) is 4.77. The van der Waals surface area contributed by atoms with E-state index in [1.165, 1.54) is 0 Å². The fourth-order valence-electron chi connectivity index (χ4n) is 3.08. The molecule has 1 atom stereocenters. The molecule has 0 aliphatic carbocycles. The zero-order valence-electron chi connectivity index (χ0n) is 17.3. The molecule has 0 bridgehead atoms. The molecule has 162 valence electrons. The molecule has 1 aliphatic rings. The van der Waals surface area contributed by atoms with Gasteiger partial charge in [-0.05, 0) is 36.2 Å². The highest BCUT2D eigenvalue weighted by atomic mass is 127. The van der Waals surface area contributed by atoms with E-state index in [-0.39, 0.29) is 30.1 Å². The lowest BCUT2D eigenvalue weighted by atomic mass is 10.1. The van der Waals surface area contributed by atoms with E-state index in [1.54, 1.807) is 19.2 Å². The molecular weight excluding hydrogens is 495 g/mol. The minimum absolute atomic E-state index is 0. The van der Waals surface area contributed by atoms with Crippen molar-refractivity contribution in [1.82, 2.24) is 10.6 Å². The van der Waals surface area contributed by atoms with Gasteiger partial charge in [0.2, 0.25) is 5.91 Å². The number of rotatable bonds is 7. The van der Waals surface area contributed by atoms with Crippen molar-refractivity contribution in [2.45, 2.75) is 32.5 Å². The average Bonchev–Trinajstić information content (AvgIpc) is 3.23. The van der Waals surface area contributed by atoms with E-state index in [0.717, 1.165) is 35.5 Å². The SMILES string of the molecule is CN=C(NCc1ccc(C(N)=O)cc1)NCc1ccc(C)cc1OC1CCOC1.I. The van der Waals surface area contributed by atoms with Gasteiger partial charge in [0, 0.05) is 37.7 Å². The maximum Gasteiger partial charge on any atom is 0.248 e. The summed E-state index contributed by atoms with van der Waals surface area (Å²) < 4.78 is 11.6. The van der Waals surface area contributed by atoms with E-state index in [9.17, 15) is 4.79 Å². The van der Waals surface area contributed by atoms with Gasteiger partial charge in [-0.15, -0.1) is 24.0 Å². The Morgan fingerprint density at radius 2 is 1.93 bits per heavy atom. The number of hydrogen-bond acceptors (Lipinski definition) is 4. The minimum atomic E-state index is -0.428. The summed E-state index contributed by atoms with van der Waals surface area (Å²) in [4.78, 5) is 15.4. The molecule has 7 nitrogen and oxygen atoms in total. The van der Waals surface area contributed by atoms with Crippen molar-refractivity contribution in [3.05, 3.63) is 64.7 Å². The van der Waals surface area contributed by atoms with Gasteiger partial charge in [-0.25, -0.2) is 0 Å². The summed E-state index contributed by atoms with van der Waals surface area (Å²) in [6.07, 6.45) is 1.02. The molecular formula is C22H29IN4O3. The summed E-state index contributed by atoms with van der Waals surface area (Å²) in [5, 5.41) is 6.59. The fraction of sp³-hybridized carbons (Fsp3) is 0.364. The van der Waals surface area contributed by atoms with Crippen LogP contribution in [0.15, 0.2) is 47.5 Å². The van der Waals surface area contributed by atoms with Crippen molar-refractivity contribution in [2.24, 2.45) is 10.7 Å². The van der Waals surface area contributed by atoms with Gasteiger partial charge in [0.25, 0.3) is 0 Å². The molecule has 1 heterocycles. The Balaban J connectivity index is 0.00000320. The van der Waals surface area contributed by atoms with Crippen LogP contribution in [-0.4, -0.2) is 38.2 Å². The van der Waals surface area contributed by atoms with Crippen molar-refractivity contribution in [3.8, 4) is 5.75 Å². The van der Waals surface area contributed by atoms with E-state index in [4.69, 9.17) is 15.2 Å². The van der Waals surface area contributed by atoms with E-state index >= 15 is 0 Å². The highest BCUT2D eigenvalue weighted by molar-refractivity contribution is 14.0. The predicted molar refractivity (Wildman–Crippen MR) is 128 cm³/mol. The summed E-state index contributed by atoms with van der Waals surface area (Å²) in [5.74, 6) is 1.13. The Kier molecular flexibility index (Phi) is 9.38. The van der Waals surface area contributed by atoms with Gasteiger partial charge in [0.15, 0.2) is 5.96 Å². The largest absolute Gasteiger partial charge is 0.488 e. The molecule has 30 heavy (non-hydrogen) atoms. The number of nitrogens with two attached hydrogens (primary N) is 1. The standard InChI is InChI=1S/C22H28N4O3.HI/c1-15-3-6-18(20(11-15)29-19-9-10-28-14-19)13-26-22(24-2)25-12-16-4-7-17(8-5-16)21(23)27;/h3-8,11,19H,9-10,12-14H2,1-2H3,(H2,23,27)(H2,24,25,26);1H. The number of hydrogen-bond donors (Lipinski definition) is 3. The second kappa shape index (κ2) is 11.8. The molecule has 0 spiro atoms. The first-order valence-corrected chi connectivity index (χ1v) is 9.72. The summed E-state index contributed by atoms with van der Waals surface area (Å²) >= 11 is 0. The first-order valence-electron chi connectivity index (χ1n) is 9.72. The lowest BCUT2D eigenvalue weighted by molar-refractivity contribution is 0.100. The number of nitrogens with one attached hydrogen (secondary N) is 2. The van der Waals surface area contributed by atoms with Gasteiger partial charge in [0.05, 0.1) is 13.2 Å². The van der Waals surface area contributed by atoms with Crippen LogP contribution in [0, 0.1) is 6.92 Å². The highest BCUT2D eigenvalue weighted by Gasteiger charge is 2.18. The second-order valence-corrected chi connectivity index (χ2v) is 7.06. The van der Waals surface area contributed by atoms with Gasteiger partial charge >= 0.3 is 0 Å². The zero-order chi connectivity index (χ0) is 20.6. The molecule has 2 aromatic rings. The number of carbonyl (C=O) groups is 1. The van der Waals surface area contributed by atoms with Crippen LogP contribution in [-0.2, 0) is 17.8 Å². The quantitative estimate of drug-likeness (QED) is 0.294. The Labute approximate surface area is 194 Å². The third-order valence-corrected chi connectivity index (χ3v) is 4.77. The van der Waals surface area contributed by atoms with Crippen LogP contribution >= 0.6 is 24.0 Å². The monoisotopic (exact) mass is 524 g/mol. The number of amides is 1. The molecule has 1 unspecified atom stereocenters. The molecule has 1 fully saturated rings. The predicted octanol–water partition coefficient (Wildman–Crippen LogP) is 2.74. The van der Waals surface area contributed by atoms with Crippen LogP contribution in [0.5, 0.6) is 5.75 Å². The van der Waals surface area contributed by atoms with Crippen LogP contribution in [0.4, 0.5) is 0 Å². The van der Waals surface area contributed by atoms with Gasteiger partial charge in [-0.2, -0.15) is 0 Å². The molecule has 2 aromatic carbocycles. The highest BCUT2D eigenvalue weighted by Crippen LogP contribution is 2.23. The van der Waals surface area contributed by atoms with Crippen LogP contribution in [0.25, 0.3) is 0 Å². The van der Waals surface area contributed by atoms with Gasteiger partial charge in [-0.1, -0.05) is 24.3 Å². The first-order chi connectivity index (χ1) is 14.0. The van der Waals surface area contributed by atoms with Gasteiger partial charge in [0.1, 0.15) is 11.9 Å². The van der Waals surface area contributed by atoms with E-state index < -0.39 is 5.91 Å². The number of guanidine groups is 1. The molecule has 1 aliphatic heterocycles. The number of aryl methyl sites for hydroxylation is 1. The van der Waals surface area contributed by atoms with Gasteiger partial charge in [-0.3, -0.25) is 9.79 Å². The number of benzene rings is 2. The molecule has 1 amide bonds. The maximum atomic E-state index is 11.2. The molecule has 0 saturated carbocycles.